The Hall–Kier alpha value is -1.75. The molecule has 1 amide bonds. The quantitative estimate of drug-likeness (QED) is 0.862. The number of fused-ring (bicyclic) bond motifs is 2. The minimum absolute atomic E-state index is 0.287. The normalized spacial score (nSPS) is 28.6. The van der Waals surface area contributed by atoms with E-state index in [1.807, 2.05) is 12.1 Å². The van der Waals surface area contributed by atoms with E-state index in [-0.39, 0.29) is 5.91 Å². The van der Waals surface area contributed by atoms with Crippen molar-refractivity contribution in [2.75, 3.05) is 14.2 Å². The Morgan fingerprint density at radius 2 is 1.84 bits per heavy atom. The van der Waals surface area contributed by atoms with E-state index in [2.05, 4.69) is 16.3 Å². The van der Waals surface area contributed by atoms with Gasteiger partial charge in [0.2, 0.25) is 5.91 Å². The number of piperidine rings is 1. The van der Waals surface area contributed by atoms with Crippen molar-refractivity contribution in [2.24, 2.45) is 5.92 Å². The predicted molar refractivity (Wildman–Crippen MR) is 95.8 cm³/mol. The third kappa shape index (κ3) is 3.47. The maximum absolute atomic E-state index is 12.1. The van der Waals surface area contributed by atoms with E-state index in [4.69, 9.17) is 9.47 Å². The summed E-state index contributed by atoms with van der Waals surface area (Å²) in [5, 5.41) is 3.30. The van der Waals surface area contributed by atoms with Crippen molar-refractivity contribution >= 4 is 5.91 Å². The number of carbonyl (C=O) groups is 1. The second-order valence-corrected chi connectivity index (χ2v) is 7.69. The van der Waals surface area contributed by atoms with Crippen LogP contribution in [0, 0.1) is 5.92 Å². The molecule has 2 unspecified atom stereocenters. The van der Waals surface area contributed by atoms with Gasteiger partial charge in [0.1, 0.15) is 11.5 Å². The predicted octanol–water partition coefficient (Wildman–Crippen LogP) is 2.73. The Morgan fingerprint density at radius 3 is 2.44 bits per heavy atom. The van der Waals surface area contributed by atoms with Gasteiger partial charge in [-0.2, -0.15) is 0 Å². The highest BCUT2D eigenvalue weighted by Crippen LogP contribution is 2.39. The first-order valence-corrected chi connectivity index (χ1v) is 9.45. The molecule has 2 bridgehead atoms. The zero-order valence-corrected chi connectivity index (χ0v) is 15.2. The molecular weight excluding hydrogens is 316 g/mol. The van der Waals surface area contributed by atoms with Gasteiger partial charge in [0.25, 0.3) is 0 Å². The summed E-state index contributed by atoms with van der Waals surface area (Å²) in [6.07, 6.45) is 6.78. The number of nitrogens with zero attached hydrogens (tertiary/aromatic N) is 1. The van der Waals surface area contributed by atoms with E-state index in [1.165, 1.54) is 18.4 Å². The van der Waals surface area contributed by atoms with Gasteiger partial charge in [-0.1, -0.05) is 6.07 Å². The van der Waals surface area contributed by atoms with Crippen molar-refractivity contribution < 1.29 is 14.3 Å². The average Bonchev–Trinajstić information content (AvgIpc) is 3.43. The zero-order valence-electron chi connectivity index (χ0n) is 15.2. The van der Waals surface area contributed by atoms with Gasteiger partial charge < -0.3 is 14.8 Å². The monoisotopic (exact) mass is 344 g/mol. The molecule has 3 aliphatic rings. The molecule has 2 atom stereocenters. The van der Waals surface area contributed by atoms with Crippen molar-refractivity contribution in [2.45, 2.75) is 63.2 Å². The second-order valence-electron chi connectivity index (χ2n) is 7.69. The maximum atomic E-state index is 12.1. The van der Waals surface area contributed by atoms with E-state index in [1.54, 1.807) is 14.2 Å². The SMILES string of the molecule is COc1ccc(CN2C3CCC2CC(NC(=O)C2CC2)C3)c(OC)c1. The number of hydrogen-bond donors (Lipinski definition) is 1. The molecule has 5 nitrogen and oxygen atoms in total. The fraction of sp³-hybridized carbons (Fsp3) is 0.650. The van der Waals surface area contributed by atoms with E-state index >= 15 is 0 Å². The lowest BCUT2D eigenvalue weighted by atomic mass is 9.96. The molecule has 136 valence electrons. The summed E-state index contributed by atoms with van der Waals surface area (Å²) >= 11 is 0. The van der Waals surface area contributed by atoms with Crippen LogP contribution >= 0.6 is 0 Å². The van der Waals surface area contributed by atoms with Gasteiger partial charge >= 0.3 is 0 Å². The van der Waals surface area contributed by atoms with Gasteiger partial charge in [-0.25, -0.2) is 0 Å². The first-order valence-electron chi connectivity index (χ1n) is 9.45. The molecule has 1 saturated carbocycles. The molecular formula is C20H28N2O3. The minimum Gasteiger partial charge on any atom is -0.497 e. The minimum atomic E-state index is 0.287. The van der Waals surface area contributed by atoms with Gasteiger partial charge in [0, 0.05) is 42.2 Å². The number of ether oxygens (including phenoxy) is 2. The maximum Gasteiger partial charge on any atom is 0.223 e. The number of carbonyl (C=O) groups excluding carboxylic acids is 1. The summed E-state index contributed by atoms with van der Waals surface area (Å²) in [5.41, 5.74) is 1.21. The third-order valence-corrected chi connectivity index (χ3v) is 6.03. The van der Waals surface area contributed by atoms with Crippen LogP contribution in [-0.2, 0) is 11.3 Å². The lowest BCUT2D eigenvalue weighted by Crippen LogP contribution is -2.50. The summed E-state index contributed by atoms with van der Waals surface area (Å²) < 4.78 is 10.9. The summed E-state index contributed by atoms with van der Waals surface area (Å²) in [7, 11) is 3.39. The lowest BCUT2D eigenvalue weighted by Gasteiger charge is -2.39. The van der Waals surface area contributed by atoms with Crippen LogP contribution in [0.1, 0.15) is 44.1 Å². The number of rotatable bonds is 6. The molecule has 2 aliphatic heterocycles. The van der Waals surface area contributed by atoms with Crippen molar-refractivity contribution in [3.8, 4) is 11.5 Å². The van der Waals surface area contributed by atoms with Gasteiger partial charge in [-0.3, -0.25) is 9.69 Å². The van der Waals surface area contributed by atoms with Crippen molar-refractivity contribution in [3.05, 3.63) is 23.8 Å². The van der Waals surface area contributed by atoms with Crippen molar-refractivity contribution in [1.82, 2.24) is 10.2 Å². The molecule has 2 saturated heterocycles. The second kappa shape index (κ2) is 6.87. The van der Waals surface area contributed by atoms with Crippen molar-refractivity contribution in [1.29, 1.82) is 0 Å². The average molecular weight is 344 g/mol. The summed E-state index contributed by atoms with van der Waals surface area (Å²) in [5.74, 6) is 2.31. The van der Waals surface area contributed by atoms with Crippen LogP contribution in [0.25, 0.3) is 0 Å². The van der Waals surface area contributed by atoms with E-state index in [0.717, 1.165) is 43.7 Å². The van der Waals surface area contributed by atoms with Gasteiger partial charge in [0.15, 0.2) is 0 Å². The molecule has 3 fully saturated rings. The Balaban J connectivity index is 1.42. The zero-order chi connectivity index (χ0) is 17.4. The Bertz CT molecular complexity index is 630. The number of benzene rings is 1. The van der Waals surface area contributed by atoms with Crippen LogP contribution in [-0.4, -0.2) is 43.2 Å². The third-order valence-electron chi connectivity index (χ3n) is 6.03. The van der Waals surface area contributed by atoms with E-state index < -0.39 is 0 Å². The fourth-order valence-electron chi connectivity index (χ4n) is 4.49. The van der Waals surface area contributed by atoms with Crippen molar-refractivity contribution in [3.63, 3.8) is 0 Å². The van der Waals surface area contributed by atoms with Crippen LogP contribution in [0.15, 0.2) is 18.2 Å². The molecule has 4 rings (SSSR count). The molecule has 5 heteroatoms. The summed E-state index contributed by atoms with van der Waals surface area (Å²) in [4.78, 5) is 14.7. The first-order chi connectivity index (χ1) is 12.2. The Labute approximate surface area is 149 Å². The smallest absolute Gasteiger partial charge is 0.223 e. The number of nitrogens with one attached hydrogen (secondary N) is 1. The topological polar surface area (TPSA) is 50.8 Å². The number of hydrogen-bond acceptors (Lipinski definition) is 4. The molecule has 0 spiro atoms. The van der Waals surface area contributed by atoms with Crippen LogP contribution in [0.5, 0.6) is 11.5 Å². The molecule has 1 aromatic rings. The van der Waals surface area contributed by atoms with Gasteiger partial charge in [-0.15, -0.1) is 0 Å². The number of amides is 1. The van der Waals surface area contributed by atoms with Crippen LogP contribution in [0.4, 0.5) is 0 Å². The highest BCUT2D eigenvalue weighted by molar-refractivity contribution is 5.81. The van der Waals surface area contributed by atoms with Crippen LogP contribution in [0.2, 0.25) is 0 Å². The highest BCUT2D eigenvalue weighted by Gasteiger charge is 2.42. The number of methoxy groups -OCH3 is 2. The molecule has 1 aliphatic carbocycles. The molecule has 0 aromatic heterocycles. The van der Waals surface area contributed by atoms with E-state index in [9.17, 15) is 4.79 Å². The van der Waals surface area contributed by atoms with E-state index in [0.29, 0.717) is 24.0 Å². The molecule has 2 heterocycles. The summed E-state index contributed by atoms with van der Waals surface area (Å²) in [6.45, 7) is 0.909. The largest absolute Gasteiger partial charge is 0.497 e. The molecule has 1 aromatic carbocycles. The van der Waals surface area contributed by atoms with Gasteiger partial charge in [-0.05, 0) is 44.6 Å². The summed E-state index contributed by atoms with van der Waals surface area (Å²) in [6, 6.07) is 7.56. The Morgan fingerprint density at radius 1 is 1.12 bits per heavy atom. The molecule has 25 heavy (non-hydrogen) atoms. The first kappa shape index (κ1) is 16.7. The molecule has 1 N–H and O–H groups in total. The van der Waals surface area contributed by atoms with Gasteiger partial charge in [0.05, 0.1) is 14.2 Å². The standard InChI is InChI=1S/C20H28N2O3/c1-24-18-8-5-14(19(11-18)25-2)12-22-16-6-7-17(22)10-15(9-16)21-20(23)13-3-4-13/h5,8,11,13,15-17H,3-4,6-7,9-10,12H2,1-2H3,(H,21,23). The lowest BCUT2D eigenvalue weighted by molar-refractivity contribution is -0.123. The van der Waals surface area contributed by atoms with Crippen LogP contribution < -0.4 is 14.8 Å². The molecule has 0 radical (unpaired) electrons. The Kier molecular flexibility index (Phi) is 4.59. The van der Waals surface area contributed by atoms with Crippen LogP contribution in [0.3, 0.4) is 0 Å². The highest BCUT2D eigenvalue weighted by atomic mass is 16.5. The fourth-order valence-corrected chi connectivity index (χ4v) is 4.49.